The number of nitrogens with zero attached hydrogens (tertiary/aromatic N) is 1. The minimum Gasteiger partial charge on any atom is -0.446 e. The number of hydrogen-bond donors (Lipinski definition) is 1. The van der Waals surface area contributed by atoms with Crippen LogP contribution < -0.4 is 5.32 Å². The number of hydrogen-bond acceptors (Lipinski definition) is 3. The van der Waals surface area contributed by atoms with Gasteiger partial charge in [-0.3, -0.25) is 4.79 Å². The van der Waals surface area contributed by atoms with E-state index in [2.05, 4.69) is 5.32 Å². The van der Waals surface area contributed by atoms with Crippen LogP contribution in [0.5, 0.6) is 0 Å². The van der Waals surface area contributed by atoms with Crippen LogP contribution in [0.25, 0.3) is 0 Å². The molecule has 1 aliphatic carbocycles. The van der Waals surface area contributed by atoms with E-state index >= 15 is 0 Å². The molecule has 0 aromatic heterocycles. The summed E-state index contributed by atoms with van der Waals surface area (Å²) in [5.74, 6) is 0.221. The van der Waals surface area contributed by atoms with E-state index in [1.165, 1.54) is 12.1 Å². The zero-order chi connectivity index (χ0) is 17.4. The predicted molar refractivity (Wildman–Crippen MR) is 89.1 cm³/mol. The molecule has 2 amide bonds. The van der Waals surface area contributed by atoms with Gasteiger partial charge < -0.3 is 15.0 Å². The number of ether oxygens (including phenoxy) is 1. The first kappa shape index (κ1) is 16.4. The Morgan fingerprint density at radius 2 is 2.04 bits per heavy atom. The van der Waals surface area contributed by atoms with Crippen molar-refractivity contribution in [2.75, 3.05) is 6.54 Å². The summed E-state index contributed by atoms with van der Waals surface area (Å²) in [6.45, 7) is 1.15. The van der Waals surface area contributed by atoms with Crippen molar-refractivity contribution in [1.29, 1.82) is 0 Å². The van der Waals surface area contributed by atoms with Crippen LogP contribution in [0, 0.1) is 17.7 Å². The van der Waals surface area contributed by atoms with Gasteiger partial charge in [0.25, 0.3) is 0 Å². The van der Waals surface area contributed by atoms with Crippen molar-refractivity contribution in [1.82, 2.24) is 10.2 Å². The van der Waals surface area contributed by atoms with Gasteiger partial charge in [0.2, 0.25) is 5.91 Å². The van der Waals surface area contributed by atoms with Crippen molar-refractivity contribution in [3.8, 4) is 0 Å². The van der Waals surface area contributed by atoms with E-state index in [0.29, 0.717) is 13.0 Å². The zero-order valence-electron chi connectivity index (χ0n) is 14.1. The van der Waals surface area contributed by atoms with Crippen LogP contribution in [0.4, 0.5) is 9.18 Å². The van der Waals surface area contributed by atoms with Crippen LogP contribution in [0.3, 0.4) is 0 Å². The summed E-state index contributed by atoms with van der Waals surface area (Å²) in [6.07, 6.45) is 4.06. The van der Waals surface area contributed by atoms with Crippen LogP contribution in [0.15, 0.2) is 24.3 Å². The quantitative estimate of drug-likeness (QED) is 0.916. The highest BCUT2D eigenvalue weighted by Gasteiger charge is 2.52. The Balaban J connectivity index is 1.35. The second kappa shape index (κ2) is 6.65. The molecule has 2 saturated heterocycles. The molecule has 5 nitrogen and oxygen atoms in total. The van der Waals surface area contributed by atoms with Crippen LogP contribution in [0.1, 0.15) is 37.7 Å². The number of carbonyl (C=O) groups excluding carboxylic acids is 2. The summed E-state index contributed by atoms with van der Waals surface area (Å²) >= 11 is 0. The van der Waals surface area contributed by atoms with Gasteiger partial charge in [0.15, 0.2) is 0 Å². The number of rotatable bonds is 3. The minimum absolute atomic E-state index is 0.00856. The van der Waals surface area contributed by atoms with Crippen molar-refractivity contribution >= 4 is 12.0 Å². The Morgan fingerprint density at radius 1 is 1.24 bits per heavy atom. The normalized spacial score (nSPS) is 30.8. The molecule has 4 rings (SSSR count). The molecule has 6 heteroatoms. The van der Waals surface area contributed by atoms with E-state index in [9.17, 15) is 14.0 Å². The summed E-state index contributed by atoms with van der Waals surface area (Å²) in [6, 6.07) is 6.24. The molecule has 1 aromatic carbocycles. The van der Waals surface area contributed by atoms with Crippen LogP contribution in [-0.2, 0) is 16.1 Å². The van der Waals surface area contributed by atoms with Crippen molar-refractivity contribution in [3.63, 3.8) is 0 Å². The van der Waals surface area contributed by atoms with E-state index in [4.69, 9.17) is 4.74 Å². The van der Waals surface area contributed by atoms with Gasteiger partial charge >= 0.3 is 6.09 Å². The third kappa shape index (κ3) is 3.22. The Kier molecular flexibility index (Phi) is 4.36. The number of amides is 2. The highest BCUT2D eigenvalue weighted by atomic mass is 19.1. The number of alkyl carbamates (subject to hydrolysis) is 1. The zero-order valence-corrected chi connectivity index (χ0v) is 14.1. The number of piperidine rings is 2. The van der Waals surface area contributed by atoms with Crippen molar-refractivity contribution in [3.05, 3.63) is 35.6 Å². The highest BCUT2D eigenvalue weighted by Crippen LogP contribution is 2.45. The first-order valence-corrected chi connectivity index (χ1v) is 9.11. The summed E-state index contributed by atoms with van der Waals surface area (Å²) < 4.78 is 18.6. The molecule has 25 heavy (non-hydrogen) atoms. The summed E-state index contributed by atoms with van der Waals surface area (Å²) in [5.41, 5.74) is 0.817. The second-order valence-corrected chi connectivity index (χ2v) is 7.35. The fourth-order valence-corrected chi connectivity index (χ4v) is 4.64. The highest BCUT2D eigenvalue weighted by molar-refractivity contribution is 5.81. The standard InChI is InChI=1S/C19H23FN2O3/c20-14-6-4-12(5-7-14)11-21-19(24)25-17-10-13-9-15(17)16-3-1-2-8-22(16)18(13)23/h4-7,13,15-17H,1-3,8-11H2,(H,21,24)/t13-,15-,16-,17-/m1/s1. The molecule has 3 aliphatic rings. The van der Waals surface area contributed by atoms with Crippen LogP contribution in [-0.4, -0.2) is 35.6 Å². The first-order valence-electron chi connectivity index (χ1n) is 9.11. The molecule has 2 aliphatic heterocycles. The number of nitrogens with one attached hydrogen (secondary N) is 1. The molecule has 4 atom stereocenters. The number of halogens is 1. The second-order valence-electron chi connectivity index (χ2n) is 7.35. The molecule has 1 aromatic rings. The van der Waals surface area contributed by atoms with Crippen LogP contribution in [0.2, 0.25) is 0 Å². The average Bonchev–Trinajstić information content (AvgIpc) is 3.00. The summed E-state index contributed by atoms with van der Waals surface area (Å²) in [7, 11) is 0. The molecule has 2 heterocycles. The van der Waals surface area contributed by atoms with Gasteiger partial charge in [-0.25, -0.2) is 9.18 Å². The van der Waals surface area contributed by atoms with Crippen molar-refractivity contribution in [2.45, 2.75) is 50.8 Å². The molecule has 1 N–H and O–H groups in total. The largest absolute Gasteiger partial charge is 0.446 e. The summed E-state index contributed by atoms with van der Waals surface area (Å²) in [5, 5.41) is 2.73. The Hall–Kier alpha value is -2.11. The third-order valence-corrected chi connectivity index (χ3v) is 5.84. The van der Waals surface area contributed by atoms with Crippen molar-refractivity contribution in [2.24, 2.45) is 11.8 Å². The maximum atomic E-state index is 12.9. The number of benzene rings is 1. The number of carbonyl (C=O) groups is 2. The fourth-order valence-electron chi connectivity index (χ4n) is 4.64. The maximum Gasteiger partial charge on any atom is 0.407 e. The monoisotopic (exact) mass is 346 g/mol. The molecule has 0 spiro atoms. The van der Waals surface area contributed by atoms with Gasteiger partial charge in [0, 0.05) is 31.0 Å². The average molecular weight is 346 g/mol. The predicted octanol–water partition coefficient (Wildman–Crippen LogP) is 2.84. The summed E-state index contributed by atoms with van der Waals surface area (Å²) in [4.78, 5) is 26.7. The molecule has 2 bridgehead atoms. The van der Waals surface area contributed by atoms with E-state index in [1.54, 1.807) is 12.1 Å². The number of fused-ring (bicyclic) bond motifs is 4. The molecule has 1 saturated carbocycles. The van der Waals surface area contributed by atoms with E-state index < -0.39 is 6.09 Å². The van der Waals surface area contributed by atoms with E-state index in [-0.39, 0.29) is 35.7 Å². The van der Waals surface area contributed by atoms with Gasteiger partial charge in [-0.05, 0) is 49.8 Å². The molecular weight excluding hydrogens is 323 g/mol. The SMILES string of the molecule is O=C(NCc1ccc(F)cc1)O[C@@H]1C[C@H]2C[C@@H]1[C@H]1CCCCN1C2=O. The first-order chi connectivity index (χ1) is 12.1. The lowest BCUT2D eigenvalue weighted by molar-refractivity contribution is -0.143. The Bertz CT molecular complexity index is 663. The molecule has 0 unspecified atom stereocenters. The molecule has 3 fully saturated rings. The third-order valence-electron chi connectivity index (χ3n) is 5.84. The smallest absolute Gasteiger partial charge is 0.407 e. The van der Waals surface area contributed by atoms with Gasteiger partial charge in [0.05, 0.1) is 0 Å². The minimum atomic E-state index is -0.461. The van der Waals surface area contributed by atoms with Gasteiger partial charge in [0.1, 0.15) is 11.9 Å². The van der Waals surface area contributed by atoms with Gasteiger partial charge in [-0.15, -0.1) is 0 Å². The molecule has 0 radical (unpaired) electrons. The van der Waals surface area contributed by atoms with E-state index in [1.807, 2.05) is 4.90 Å². The van der Waals surface area contributed by atoms with Gasteiger partial charge in [-0.2, -0.15) is 0 Å². The van der Waals surface area contributed by atoms with Crippen LogP contribution >= 0.6 is 0 Å². The molecule has 134 valence electrons. The van der Waals surface area contributed by atoms with E-state index in [0.717, 1.165) is 37.8 Å². The molecular formula is C19H23FN2O3. The lowest BCUT2D eigenvalue weighted by atomic mass is 9.84. The fraction of sp³-hybridized carbons (Fsp3) is 0.579. The maximum absolute atomic E-state index is 12.9. The van der Waals surface area contributed by atoms with Gasteiger partial charge in [-0.1, -0.05) is 12.1 Å². The lowest BCUT2D eigenvalue weighted by Gasteiger charge is -2.43. The Labute approximate surface area is 146 Å². The topological polar surface area (TPSA) is 58.6 Å². The van der Waals surface area contributed by atoms with Crippen molar-refractivity contribution < 1.29 is 18.7 Å². The lowest BCUT2D eigenvalue weighted by Crippen LogP contribution is -2.53. The Morgan fingerprint density at radius 3 is 2.84 bits per heavy atom.